The summed E-state index contributed by atoms with van der Waals surface area (Å²) in [6, 6.07) is 4.43. The highest BCUT2D eigenvalue weighted by Crippen LogP contribution is 2.33. The molecule has 2 saturated heterocycles. The van der Waals surface area contributed by atoms with E-state index in [2.05, 4.69) is 0 Å². The Morgan fingerprint density at radius 2 is 1.96 bits per heavy atom. The standard InChI is InChI=1S/C17H20ClFN2O3/c18-13-3-1-2-11(14(13)19)17(23)21-7-4-10(5-8-21)15-12(16(20)22)6-9-24-15/h1-3,10,12,15H,4-9H2,(H2,20,22)/t12-,15+/m0/s1. The average molecular weight is 355 g/mol. The van der Waals surface area contributed by atoms with Crippen LogP contribution in [-0.4, -0.2) is 42.5 Å². The molecule has 24 heavy (non-hydrogen) atoms. The van der Waals surface area contributed by atoms with Gasteiger partial charge in [-0.25, -0.2) is 4.39 Å². The second kappa shape index (κ2) is 7.07. The van der Waals surface area contributed by atoms with Crippen molar-refractivity contribution in [3.8, 4) is 0 Å². The predicted octanol–water partition coefficient (Wildman–Crippen LogP) is 2.22. The number of piperidine rings is 1. The molecule has 2 atom stereocenters. The first-order chi connectivity index (χ1) is 11.5. The summed E-state index contributed by atoms with van der Waals surface area (Å²) < 4.78 is 19.7. The number of likely N-dealkylation sites (tertiary alicyclic amines) is 1. The van der Waals surface area contributed by atoms with Gasteiger partial charge in [0.2, 0.25) is 5.91 Å². The molecule has 2 heterocycles. The summed E-state index contributed by atoms with van der Waals surface area (Å²) in [6.45, 7) is 1.55. The molecule has 1 aromatic rings. The van der Waals surface area contributed by atoms with Crippen LogP contribution in [0.1, 0.15) is 29.6 Å². The highest BCUT2D eigenvalue weighted by molar-refractivity contribution is 6.31. The van der Waals surface area contributed by atoms with Gasteiger partial charge in [-0.3, -0.25) is 9.59 Å². The first-order valence-corrected chi connectivity index (χ1v) is 8.51. The number of primary amides is 1. The Bertz CT molecular complexity index is 647. The topological polar surface area (TPSA) is 72.6 Å². The van der Waals surface area contributed by atoms with Crippen LogP contribution in [0.3, 0.4) is 0 Å². The average Bonchev–Trinajstić information content (AvgIpc) is 3.07. The van der Waals surface area contributed by atoms with E-state index in [0.717, 1.165) is 0 Å². The van der Waals surface area contributed by atoms with Crippen molar-refractivity contribution in [2.45, 2.75) is 25.4 Å². The van der Waals surface area contributed by atoms with E-state index in [4.69, 9.17) is 22.1 Å². The van der Waals surface area contributed by atoms with Gasteiger partial charge in [-0.05, 0) is 37.3 Å². The number of nitrogens with two attached hydrogens (primary N) is 1. The summed E-state index contributed by atoms with van der Waals surface area (Å²) in [4.78, 5) is 25.6. The zero-order chi connectivity index (χ0) is 17.3. The molecular weight excluding hydrogens is 335 g/mol. The third-order valence-corrected chi connectivity index (χ3v) is 5.27. The molecule has 0 unspecified atom stereocenters. The van der Waals surface area contributed by atoms with Crippen molar-refractivity contribution in [2.75, 3.05) is 19.7 Å². The number of carbonyl (C=O) groups is 2. The van der Waals surface area contributed by atoms with Crippen molar-refractivity contribution >= 4 is 23.4 Å². The van der Waals surface area contributed by atoms with Crippen molar-refractivity contribution in [3.05, 3.63) is 34.6 Å². The number of benzene rings is 1. The molecule has 5 nitrogen and oxygen atoms in total. The number of hydrogen-bond donors (Lipinski definition) is 1. The number of carbonyl (C=O) groups excluding carboxylic acids is 2. The summed E-state index contributed by atoms with van der Waals surface area (Å²) in [5.74, 6) is -1.41. The molecule has 3 rings (SSSR count). The molecule has 130 valence electrons. The molecule has 0 spiro atoms. The van der Waals surface area contributed by atoms with Gasteiger partial charge in [0, 0.05) is 19.7 Å². The summed E-state index contributed by atoms with van der Waals surface area (Å²) >= 11 is 5.75. The molecular formula is C17H20ClFN2O3. The molecule has 2 N–H and O–H groups in total. The SMILES string of the molecule is NC(=O)[C@H]1CCO[C@@H]1C1CCN(C(=O)c2cccc(Cl)c2F)CC1. The lowest BCUT2D eigenvalue weighted by Gasteiger charge is -2.35. The Kier molecular flexibility index (Phi) is 5.06. The maximum atomic E-state index is 14.0. The minimum atomic E-state index is -0.681. The van der Waals surface area contributed by atoms with Crippen LogP contribution in [-0.2, 0) is 9.53 Å². The Hall–Kier alpha value is -1.66. The lowest BCUT2D eigenvalue weighted by molar-refractivity contribution is -0.124. The van der Waals surface area contributed by atoms with Crippen molar-refractivity contribution < 1.29 is 18.7 Å². The molecule has 0 aliphatic carbocycles. The largest absolute Gasteiger partial charge is 0.377 e. The van der Waals surface area contributed by atoms with Gasteiger partial charge < -0.3 is 15.4 Å². The van der Waals surface area contributed by atoms with Crippen molar-refractivity contribution in [1.29, 1.82) is 0 Å². The van der Waals surface area contributed by atoms with Gasteiger partial charge in [0.15, 0.2) is 5.82 Å². The second-order valence-corrected chi connectivity index (χ2v) is 6.77. The molecule has 2 fully saturated rings. The first-order valence-electron chi connectivity index (χ1n) is 8.13. The highest BCUT2D eigenvalue weighted by atomic mass is 35.5. The van der Waals surface area contributed by atoms with Crippen molar-refractivity contribution in [2.24, 2.45) is 17.6 Å². The van der Waals surface area contributed by atoms with Crippen molar-refractivity contribution in [3.63, 3.8) is 0 Å². The normalized spacial score (nSPS) is 25.0. The Morgan fingerprint density at radius 3 is 2.62 bits per heavy atom. The molecule has 2 aliphatic heterocycles. The van der Waals surface area contributed by atoms with Crippen LogP contribution in [0.4, 0.5) is 4.39 Å². The van der Waals surface area contributed by atoms with E-state index in [1.807, 2.05) is 0 Å². The Labute approximate surface area is 144 Å². The minimum absolute atomic E-state index is 0.00641. The third-order valence-electron chi connectivity index (χ3n) is 4.97. The molecule has 0 bridgehead atoms. The van der Waals surface area contributed by atoms with E-state index < -0.39 is 5.82 Å². The summed E-state index contributed by atoms with van der Waals surface area (Å²) in [6.07, 6.45) is 1.92. The van der Waals surface area contributed by atoms with Crippen LogP contribution >= 0.6 is 11.6 Å². The number of nitrogens with zero attached hydrogens (tertiary/aromatic N) is 1. The number of amides is 2. The van der Waals surface area contributed by atoms with E-state index >= 15 is 0 Å². The second-order valence-electron chi connectivity index (χ2n) is 6.36. The zero-order valence-electron chi connectivity index (χ0n) is 13.2. The van der Waals surface area contributed by atoms with Crippen LogP contribution in [0, 0.1) is 17.7 Å². The number of ether oxygens (including phenoxy) is 1. The monoisotopic (exact) mass is 354 g/mol. The molecule has 0 radical (unpaired) electrons. The van der Waals surface area contributed by atoms with Gasteiger partial charge in [0.05, 0.1) is 22.6 Å². The lowest BCUT2D eigenvalue weighted by atomic mass is 9.84. The highest BCUT2D eigenvalue weighted by Gasteiger charge is 2.40. The van der Waals surface area contributed by atoms with E-state index in [9.17, 15) is 14.0 Å². The Balaban J connectivity index is 1.64. The predicted molar refractivity (Wildman–Crippen MR) is 87.1 cm³/mol. The van der Waals surface area contributed by atoms with Crippen molar-refractivity contribution in [1.82, 2.24) is 4.90 Å². The fourth-order valence-electron chi connectivity index (χ4n) is 3.65. The van der Waals surface area contributed by atoms with E-state index in [-0.39, 0.29) is 40.3 Å². The third kappa shape index (κ3) is 3.26. The van der Waals surface area contributed by atoms with Gasteiger partial charge >= 0.3 is 0 Å². The van der Waals surface area contributed by atoms with Crippen LogP contribution in [0.25, 0.3) is 0 Å². The smallest absolute Gasteiger partial charge is 0.256 e. The number of hydrogen-bond acceptors (Lipinski definition) is 3. The molecule has 0 saturated carbocycles. The van der Waals surface area contributed by atoms with Crippen LogP contribution in [0.2, 0.25) is 5.02 Å². The fraction of sp³-hybridized carbons (Fsp3) is 0.529. The summed E-state index contributed by atoms with van der Waals surface area (Å²) in [5, 5.41) is -0.0561. The molecule has 0 aromatic heterocycles. The van der Waals surface area contributed by atoms with Gasteiger partial charge in [-0.15, -0.1) is 0 Å². The quantitative estimate of drug-likeness (QED) is 0.904. The molecule has 2 amide bonds. The lowest BCUT2D eigenvalue weighted by Crippen LogP contribution is -2.44. The van der Waals surface area contributed by atoms with E-state index in [1.54, 1.807) is 11.0 Å². The maximum Gasteiger partial charge on any atom is 0.256 e. The van der Waals surface area contributed by atoms with Gasteiger partial charge in [0.25, 0.3) is 5.91 Å². The van der Waals surface area contributed by atoms with Crippen LogP contribution in [0.15, 0.2) is 18.2 Å². The van der Waals surface area contributed by atoms with Gasteiger partial charge in [0.1, 0.15) is 0 Å². The summed E-state index contributed by atoms with van der Waals surface area (Å²) in [5.41, 5.74) is 5.43. The molecule has 1 aromatic carbocycles. The minimum Gasteiger partial charge on any atom is -0.377 e. The van der Waals surface area contributed by atoms with Crippen LogP contribution in [0.5, 0.6) is 0 Å². The van der Waals surface area contributed by atoms with Crippen LogP contribution < -0.4 is 5.73 Å². The zero-order valence-corrected chi connectivity index (χ0v) is 14.0. The maximum absolute atomic E-state index is 14.0. The Morgan fingerprint density at radius 1 is 1.25 bits per heavy atom. The van der Waals surface area contributed by atoms with E-state index in [1.165, 1.54) is 12.1 Å². The van der Waals surface area contributed by atoms with E-state index in [0.29, 0.717) is 39.0 Å². The molecule has 7 heteroatoms. The number of rotatable bonds is 3. The summed E-state index contributed by atoms with van der Waals surface area (Å²) in [7, 11) is 0. The number of halogens is 2. The fourth-order valence-corrected chi connectivity index (χ4v) is 3.83. The first kappa shape index (κ1) is 17.2. The molecule has 2 aliphatic rings. The van der Waals surface area contributed by atoms with Gasteiger partial charge in [-0.1, -0.05) is 17.7 Å². The van der Waals surface area contributed by atoms with Gasteiger partial charge in [-0.2, -0.15) is 0 Å².